The highest BCUT2D eigenvalue weighted by molar-refractivity contribution is 14.1. The van der Waals surface area contributed by atoms with Crippen LogP contribution in [0.4, 0.5) is 0 Å². The highest BCUT2D eigenvalue weighted by Gasteiger charge is 2.50. The van der Waals surface area contributed by atoms with E-state index in [1.165, 1.54) is 6.92 Å². The summed E-state index contributed by atoms with van der Waals surface area (Å²) in [5.41, 5.74) is 0.482. The minimum Gasteiger partial charge on any atom is -0.453 e. The van der Waals surface area contributed by atoms with Crippen molar-refractivity contribution in [3.8, 4) is 0 Å². The number of hydrogen-bond acceptors (Lipinski definition) is 6. The highest BCUT2D eigenvalue weighted by atomic mass is 127. The lowest BCUT2D eigenvalue weighted by Crippen LogP contribution is -2.60. The van der Waals surface area contributed by atoms with E-state index >= 15 is 0 Å². The van der Waals surface area contributed by atoms with E-state index in [9.17, 15) is 9.59 Å². The van der Waals surface area contributed by atoms with Crippen LogP contribution in [0.2, 0.25) is 18.1 Å². The van der Waals surface area contributed by atoms with Gasteiger partial charge in [-0.25, -0.2) is 4.79 Å². The van der Waals surface area contributed by atoms with Gasteiger partial charge >= 0.3 is 11.9 Å². The first-order chi connectivity index (χ1) is 13.8. The van der Waals surface area contributed by atoms with Crippen LogP contribution >= 0.6 is 22.6 Å². The van der Waals surface area contributed by atoms with Gasteiger partial charge in [0.1, 0.15) is 10.0 Å². The van der Waals surface area contributed by atoms with Gasteiger partial charge in [0.05, 0.1) is 11.7 Å². The fourth-order valence-electron chi connectivity index (χ4n) is 3.57. The number of alkyl halides is 1. The minimum atomic E-state index is -2.01. The SMILES string of the molecule is CC[Si](CC)(CC)O[C@H]1[C@@H](I)[C@H](OC(C)=O)O[C@@H](C)[C@@H]1OC(=O)c1ccccc1. The molecule has 0 radical (unpaired) electrons. The van der Waals surface area contributed by atoms with Crippen LogP contribution in [-0.2, 0) is 23.4 Å². The van der Waals surface area contributed by atoms with Gasteiger partial charge in [0.2, 0.25) is 6.29 Å². The average Bonchev–Trinajstić information content (AvgIpc) is 2.72. The van der Waals surface area contributed by atoms with Crippen molar-refractivity contribution in [1.82, 2.24) is 0 Å². The summed E-state index contributed by atoms with van der Waals surface area (Å²) in [6, 6.07) is 11.8. The molecule has 1 aromatic rings. The summed E-state index contributed by atoms with van der Waals surface area (Å²) in [5.74, 6) is -0.821. The molecule has 0 spiro atoms. The third-order valence-corrected chi connectivity index (χ3v) is 11.5. The second kappa shape index (κ2) is 10.9. The summed E-state index contributed by atoms with van der Waals surface area (Å²) in [6.07, 6.45) is -2.21. The Balaban J connectivity index is 2.31. The molecular formula is C21H31IO6Si. The quantitative estimate of drug-likeness (QED) is 0.208. The maximum absolute atomic E-state index is 12.7. The molecule has 29 heavy (non-hydrogen) atoms. The standard InChI is InChI=1S/C21H31IO6Si/c1-6-29(7-2,8-3)28-19-17(22)21(26-15(5)23)25-14(4)18(19)27-20(24)16-12-10-9-11-13-16/h9-14,17-19,21H,6-8H2,1-5H3/t14-,17+,18-,19-,21-/m0/s1. The van der Waals surface area contributed by atoms with E-state index in [4.69, 9.17) is 18.6 Å². The lowest BCUT2D eigenvalue weighted by atomic mass is 10.0. The number of rotatable bonds is 8. The summed E-state index contributed by atoms with van der Waals surface area (Å²) in [7, 11) is -2.01. The zero-order chi connectivity index (χ0) is 21.6. The van der Waals surface area contributed by atoms with E-state index in [2.05, 4.69) is 43.4 Å². The van der Waals surface area contributed by atoms with E-state index in [-0.39, 0.29) is 3.92 Å². The smallest absolute Gasteiger partial charge is 0.338 e. The zero-order valence-corrected chi connectivity index (χ0v) is 20.9. The minimum absolute atomic E-state index is 0.294. The Morgan fingerprint density at radius 1 is 1.03 bits per heavy atom. The maximum Gasteiger partial charge on any atom is 0.338 e. The van der Waals surface area contributed by atoms with E-state index in [0.29, 0.717) is 5.56 Å². The summed E-state index contributed by atoms with van der Waals surface area (Å²) >= 11 is 2.19. The van der Waals surface area contributed by atoms with Gasteiger partial charge in [-0.15, -0.1) is 0 Å². The molecule has 8 heteroatoms. The van der Waals surface area contributed by atoms with Crippen LogP contribution < -0.4 is 0 Å². The Labute approximate surface area is 187 Å². The summed E-state index contributed by atoms with van der Waals surface area (Å²) in [5, 5.41) is 0. The Kier molecular flexibility index (Phi) is 9.11. The fraction of sp³-hybridized carbons (Fsp3) is 0.619. The highest BCUT2D eigenvalue weighted by Crippen LogP contribution is 2.36. The van der Waals surface area contributed by atoms with Crippen LogP contribution in [0.3, 0.4) is 0 Å². The van der Waals surface area contributed by atoms with Gasteiger partial charge in [0, 0.05) is 6.92 Å². The van der Waals surface area contributed by atoms with Gasteiger partial charge in [-0.2, -0.15) is 0 Å². The first-order valence-corrected chi connectivity index (χ1v) is 13.9. The number of hydrogen-bond donors (Lipinski definition) is 0. The molecule has 0 saturated carbocycles. The molecule has 1 aliphatic rings. The number of carbonyl (C=O) groups excluding carboxylic acids is 2. The lowest BCUT2D eigenvalue weighted by Gasteiger charge is -2.46. The maximum atomic E-state index is 12.7. The normalized spacial score (nSPS) is 27.3. The van der Waals surface area contributed by atoms with E-state index in [0.717, 1.165) is 18.1 Å². The zero-order valence-electron chi connectivity index (χ0n) is 17.7. The summed E-state index contributed by atoms with van der Waals surface area (Å²) in [6.45, 7) is 9.64. The van der Waals surface area contributed by atoms with E-state index < -0.39 is 44.9 Å². The number of carbonyl (C=O) groups is 2. The summed E-state index contributed by atoms with van der Waals surface area (Å²) in [4.78, 5) is 24.3. The first kappa shape index (κ1) is 24.3. The van der Waals surface area contributed by atoms with Gasteiger partial charge in [-0.3, -0.25) is 4.79 Å². The molecule has 1 saturated heterocycles. The van der Waals surface area contributed by atoms with Crippen LogP contribution in [0, 0.1) is 0 Å². The van der Waals surface area contributed by atoms with Gasteiger partial charge in [0.25, 0.3) is 0 Å². The fourth-order valence-corrected chi connectivity index (χ4v) is 7.58. The molecule has 0 bridgehead atoms. The van der Waals surface area contributed by atoms with Crippen molar-refractivity contribution in [2.75, 3.05) is 0 Å². The van der Waals surface area contributed by atoms with Crippen molar-refractivity contribution in [2.45, 2.75) is 81.3 Å². The van der Waals surface area contributed by atoms with Gasteiger partial charge in [0.15, 0.2) is 14.4 Å². The second-order valence-corrected chi connectivity index (χ2v) is 13.5. The Morgan fingerprint density at radius 2 is 1.62 bits per heavy atom. The topological polar surface area (TPSA) is 71.1 Å². The number of benzene rings is 1. The van der Waals surface area contributed by atoms with Crippen LogP contribution in [-0.4, -0.2) is 48.8 Å². The molecule has 0 amide bonds. The molecular weight excluding hydrogens is 503 g/mol. The molecule has 1 fully saturated rings. The summed E-state index contributed by atoms with van der Waals surface area (Å²) < 4.78 is 23.6. The monoisotopic (exact) mass is 534 g/mol. The molecule has 0 N–H and O–H groups in total. The first-order valence-electron chi connectivity index (χ1n) is 10.2. The van der Waals surface area contributed by atoms with Crippen molar-refractivity contribution in [3.05, 3.63) is 35.9 Å². The van der Waals surface area contributed by atoms with Crippen molar-refractivity contribution < 1.29 is 28.2 Å². The third kappa shape index (κ3) is 6.02. The van der Waals surface area contributed by atoms with Gasteiger partial charge in [-0.05, 0) is 37.2 Å². The molecule has 1 aromatic carbocycles. The molecule has 0 aliphatic carbocycles. The average molecular weight is 534 g/mol. The molecule has 0 aromatic heterocycles. The lowest BCUT2D eigenvalue weighted by molar-refractivity contribution is -0.231. The molecule has 162 valence electrons. The van der Waals surface area contributed by atoms with Crippen molar-refractivity contribution in [3.63, 3.8) is 0 Å². The largest absolute Gasteiger partial charge is 0.453 e. The Bertz CT molecular complexity index is 673. The van der Waals surface area contributed by atoms with Crippen LogP contribution in [0.1, 0.15) is 45.0 Å². The Hall–Kier alpha value is -0.973. The third-order valence-electron chi connectivity index (χ3n) is 5.56. The molecule has 5 atom stereocenters. The second-order valence-electron chi connectivity index (χ2n) is 7.33. The van der Waals surface area contributed by atoms with Gasteiger partial charge < -0.3 is 18.6 Å². The molecule has 0 unspecified atom stereocenters. The predicted octanol–water partition coefficient (Wildman–Crippen LogP) is 4.71. The Morgan fingerprint density at radius 3 is 2.14 bits per heavy atom. The molecule has 6 nitrogen and oxygen atoms in total. The van der Waals surface area contributed by atoms with Gasteiger partial charge in [-0.1, -0.05) is 61.6 Å². The molecule has 1 heterocycles. The van der Waals surface area contributed by atoms with Crippen molar-refractivity contribution >= 4 is 42.8 Å². The van der Waals surface area contributed by atoms with Crippen LogP contribution in [0.5, 0.6) is 0 Å². The van der Waals surface area contributed by atoms with Crippen LogP contribution in [0.15, 0.2) is 30.3 Å². The van der Waals surface area contributed by atoms with E-state index in [1.807, 2.05) is 13.0 Å². The van der Waals surface area contributed by atoms with E-state index in [1.54, 1.807) is 24.3 Å². The number of ether oxygens (including phenoxy) is 3. The number of halogens is 1. The van der Waals surface area contributed by atoms with Crippen molar-refractivity contribution in [1.29, 1.82) is 0 Å². The number of esters is 2. The molecule has 1 aliphatic heterocycles. The predicted molar refractivity (Wildman–Crippen MR) is 122 cm³/mol. The molecule has 2 rings (SSSR count). The van der Waals surface area contributed by atoms with Crippen LogP contribution in [0.25, 0.3) is 0 Å². The van der Waals surface area contributed by atoms with Crippen molar-refractivity contribution in [2.24, 2.45) is 0 Å².